The number of nitrogens with one attached hydrogen (secondary N) is 2. The Balaban J connectivity index is 1.67. The number of carbonyl (C=O) groups is 2. The van der Waals surface area contributed by atoms with E-state index in [1.54, 1.807) is 0 Å². The van der Waals surface area contributed by atoms with Crippen molar-refractivity contribution in [2.24, 2.45) is 0 Å². The molecule has 1 aliphatic rings. The van der Waals surface area contributed by atoms with Crippen LogP contribution < -0.4 is 10.6 Å². The second kappa shape index (κ2) is 11.5. The van der Waals surface area contributed by atoms with Crippen LogP contribution in [-0.4, -0.2) is 73.0 Å². The maximum absolute atomic E-state index is 12.3. The molecule has 30 heavy (non-hydrogen) atoms. The Hall–Kier alpha value is -1.92. The highest BCUT2D eigenvalue weighted by atomic mass is 16.2. The highest BCUT2D eigenvalue weighted by molar-refractivity contribution is 5.79. The summed E-state index contributed by atoms with van der Waals surface area (Å²) in [5.74, 6) is 0.680. The van der Waals surface area contributed by atoms with Gasteiger partial charge in [0.25, 0.3) is 0 Å². The molecule has 1 fully saturated rings. The molecule has 2 N–H and O–H groups in total. The molecule has 0 radical (unpaired) electrons. The van der Waals surface area contributed by atoms with E-state index in [4.69, 9.17) is 0 Å². The fourth-order valence-electron chi connectivity index (χ4n) is 3.68. The predicted molar refractivity (Wildman–Crippen MR) is 123 cm³/mol. The maximum atomic E-state index is 12.3. The molecule has 0 atom stereocenters. The summed E-state index contributed by atoms with van der Waals surface area (Å²) < 4.78 is 0. The van der Waals surface area contributed by atoms with Gasteiger partial charge in [-0.05, 0) is 63.7 Å². The van der Waals surface area contributed by atoms with E-state index in [2.05, 4.69) is 58.5 Å². The minimum absolute atomic E-state index is 0.0649. The fraction of sp³-hybridized carbons (Fsp3) is 0.667. The average molecular weight is 417 g/mol. The molecule has 0 spiro atoms. The number of hydrogen-bond donors (Lipinski definition) is 2. The smallest absolute Gasteiger partial charge is 0.234 e. The molecule has 168 valence electrons. The third-order valence-electron chi connectivity index (χ3n) is 5.31. The molecule has 0 saturated carbocycles. The summed E-state index contributed by atoms with van der Waals surface area (Å²) in [6, 6.07) is 8.65. The third kappa shape index (κ3) is 9.26. The van der Waals surface area contributed by atoms with Crippen molar-refractivity contribution in [3.63, 3.8) is 0 Å². The van der Waals surface area contributed by atoms with Gasteiger partial charge in [0.1, 0.15) is 0 Å². The van der Waals surface area contributed by atoms with Crippen LogP contribution in [0.25, 0.3) is 0 Å². The first kappa shape index (κ1) is 24.4. The third-order valence-corrected chi connectivity index (χ3v) is 5.31. The van der Waals surface area contributed by atoms with Gasteiger partial charge in [0.05, 0.1) is 13.1 Å². The molecule has 6 heteroatoms. The van der Waals surface area contributed by atoms with E-state index in [1.165, 1.54) is 11.1 Å². The van der Waals surface area contributed by atoms with E-state index in [1.807, 2.05) is 20.8 Å². The summed E-state index contributed by atoms with van der Waals surface area (Å²) in [5.41, 5.74) is 2.39. The number of amides is 2. The van der Waals surface area contributed by atoms with Crippen LogP contribution in [0.4, 0.5) is 0 Å². The Morgan fingerprint density at radius 2 is 1.50 bits per heavy atom. The van der Waals surface area contributed by atoms with Crippen molar-refractivity contribution in [3.8, 4) is 0 Å². The fourth-order valence-corrected chi connectivity index (χ4v) is 3.68. The molecule has 1 heterocycles. The summed E-state index contributed by atoms with van der Waals surface area (Å²) in [7, 11) is 0. The van der Waals surface area contributed by atoms with Crippen LogP contribution in [-0.2, 0) is 16.0 Å². The molecule has 0 aliphatic carbocycles. The van der Waals surface area contributed by atoms with Crippen molar-refractivity contribution in [3.05, 3.63) is 35.4 Å². The summed E-state index contributed by atoms with van der Waals surface area (Å²) in [6.07, 6.45) is 1.82. The van der Waals surface area contributed by atoms with Crippen LogP contribution in [0.15, 0.2) is 24.3 Å². The van der Waals surface area contributed by atoms with Gasteiger partial charge in [-0.1, -0.05) is 38.1 Å². The Labute approximate surface area is 182 Å². The van der Waals surface area contributed by atoms with Gasteiger partial charge in [-0.15, -0.1) is 0 Å². The number of hydrogen-bond acceptors (Lipinski definition) is 4. The summed E-state index contributed by atoms with van der Waals surface area (Å²) >= 11 is 0. The molecule has 0 bridgehead atoms. The van der Waals surface area contributed by atoms with E-state index in [-0.39, 0.29) is 17.4 Å². The van der Waals surface area contributed by atoms with E-state index >= 15 is 0 Å². The highest BCUT2D eigenvalue weighted by Gasteiger charge is 2.20. The molecule has 0 aromatic heterocycles. The SMILES string of the molecule is CC(C)c1ccc(CCNC(=O)CN2CCCN(CC(=O)NC(C)(C)C)CC2)cc1. The Morgan fingerprint density at radius 1 is 0.933 bits per heavy atom. The van der Waals surface area contributed by atoms with E-state index < -0.39 is 0 Å². The molecule has 1 saturated heterocycles. The number of benzene rings is 1. The van der Waals surface area contributed by atoms with Gasteiger partial charge >= 0.3 is 0 Å². The quantitative estimate of drug-likeness (QED) is 0.683. The molecule has 0 unspecified atom stereocenters. The molecule has 1 aromatic rings. The van der Waals surface area contributed by atoms with Crippen molar-refractivity contribution in [2.75, 3.05) is 45.8 Å². The Morgan fingerprint density at radius 3 is 2.03 bits per heavy atom. The first-order valence-electron chi connectivity index (χ1n) is 11.2. The Kier molecular flexibility index (Phi) is 9.31. The van der Waals surface area contributed by atoms with Crippen molar-refractivity contribution in [1.82, 2.24) is 20.4 Å². The zero-order chi connectivity index (χ0) is 22.1. The van der Waals surface area contributed by atoms with Crippen molar-refractivity contribution in [1.29, 1.82) is 0 Å². The average Bonchev–Trinajstić information content (AvgIpc) is 2.85. The molecule has 2 amide bonds. The minimum atomic E-state index is -0.205. The van der Waals surface area contributed by atoms with Crippen LogP contribution in [0, 0.1) is 0 Å². The second-order valence-electron chi connectivity index (χ2n) is 9.70. The zero-order valence-electron chi connectivity index (χ0n) is 19.5. The van der Waals surface area contributed by atoms with Crippen molar-refractivity contribution >= 4 is 11.8 Å². The van der Waals surface area contributed by atoms with E-state index in [0.29, 0.717) is 25.6 Å². The molecule has 1 aliphatic heterocycles. The van der Waals surface area contributed by atoms with Crippen LogP contribution in [0.3, 0.4) is 0 Å². The summed E-state index contributed by atoms with van der Waals surface area (Å²) in [5, 5.41) is 6.06. The van der Waals surface area contributed by atoms with Gasteiger partial charge in [0.15, 0.2) is 0 Å². The van der Waals surface area contributed by atoms with Gasteiger partial charge in [0.2, 0.25) is 11.8 Å². The summed E-state index contributed by atoms with van der Waals surface area (Å²) in [4.78, 5) is 28.9. The second-order valence-corrected chi connectivity index (χ2v) is 9.70. The van der Waals surface area contributed by atoms with Gasteiger partial charge in [-0.25, -0.2) is 0 Å². The van der Waals surface area contributed by atoms with Crippen LogP contribution in [0.1, 0.15) is 58.1 Å². The van der Waals surface area contributed by atoms with E-state index in [0.717, 1.165) is 39.0 Å². The van der Waals surface area contributed by atoms with Crippen LogP contribution >= 0.6 is 0 Å². The normalized spacial score (nSPS) is 16.3. The largest absolute Gasteiger partial charge is 0.355 e. The number of nitrogens with zero attached hydrogens (tertiary/aromatic N) is 2. The molecule has 1 aromatic carbocycles. The number of carbonyl (C=O) groups excluding carboxylic acids is 2. The lowest BCUT2D eigenvalue weighted by molar-refractivity contribution is -0.124. The maximum Gasteiger partial charge on any atom is 0.234 e. The highest BCUT2D eigenvalue weighted by Crippen LogP contribution is 2.14. The lowest BCUT2D eigenvalue weighted by Crippen LogP contribution is -2.46. The van der Waals surface area contributed by atoms with Crippen LogP contribution in [0.2, 0.25) is 0 Å². The standard InChI is InChI=1S/C24H40N4O2/c1-19(2)21-9-7-20(8-10-21)11-12-25-22(29)17-27-13-6-14-28(16-15-27)18-23(30)26-24(3,4)5/h7-10,19H,6,11-18H2,1-5H3,(H,25,29)(H,26,30). The molecule has 2 rings (SSSR count). The predicted octanol–water partition coefficient (Wildman–Crippen LogP) is 2.39. The lowest BCUT2D eigenvalue weighted by Gasteiger charge is -2.25. The van der Waals surface area contributed by atoms with Gasteiger partial charge < -0.3 is 10.6 Å². The summed E-state index contributed by atoms with van der Waals surface area (Å²) in [6.45, 7) is 15.3. The zero-order valence-corrected chi connectivity index (χ0v) is 19.5. The van der Waals surface area contributed by atoms with Crippen LogP contribution in [0.5, 0.6) is 0 Å². The van der Waals surface area contributed by atoms with Gasteiger partial charge in [-0.3, -0.25) is 19.4 Å². The van der Waals surface area contributed by atoms with Crippen molar-refractivity contribution in [2.45, 2.75) is 58.9 Å². The monoisotopic (exact) mass is 416 g/mol. The van der Waals surface area contributed by atoms with E-state index in [9.17, 15) is 9.59 Å². The van der Waals surface area contributed by atoms with Gasteiger partial charge in [-0.2, -0.15) is 0 Å². The lowest BCUT2D eigenvalue weighted by atomic mass is 10.0. The number of rotatable bonds is 8. The molecular formula is C24H40N4O2. The van der Waals surface area contributed by atoms with Gasteiger partial charge in [0, 0.05) is 25.2 Å². The van der Waals surface area contributed by atoms with Crippen molar-refractivity contribution < 1.29 is 9.59 Å². The molecular weight excluding hydrogens is 376 g/mol. The first-order valence-corrected chi connectivity index (χ1v) is 11.2. The minimum Gasteiger partial charge on any atom is -0.355 e. The molecule has 6 nitrogen and oxygen atoms in total. The topological polar surface area (TPSA) is 64.7 Å². The first-order chi connectivity index (χ1) is 14.1. The Bertz CT molecular complexity index is 679.